The number of alkyl halides is 3. The molecule has 0 bridgehead atoms. The van der Waals surface area contributed by atoms with E-state index in [2.05, 4.69) is 10.6 Å². The summed E-state index contributed by atoms with van der Waals surface area (Å²) >= 11 is 0. The first-order valence-electron chi connectivity index (χ1n) is 7.89. The topological polar surface area (TPSA) is 50.4 Å². The zero-order valence-corrected chi connectivity index (χ0v) is 13.3. The van der Waals surface area contributed by atoms with Gasteiger partial charge >= 0.3 is 6.18 Å². The molecule has 2 aromatic carbocycles. The normalized spacial score (nSPS) is 17.3. The van der Waals surface area contributed by atoms with Gasteiger partial charge in [0.15, 0.2) is 0 Å². The van der Waals surface area contributed by atoms with Crippen molar-refractivity contribution in [3.05, 3.63) is 54.1 Å². The molecule has 1 fully saturated rings. The van der Waals surface area contributed by atoms with Crippen LogP contribution in [0.2, 0.25) is 0 Å². The van der Waals surface area contributed by atoms with Crippen molar-refractivity contribution in [1.29, 1.82) is 0 Å². The molecule has 1 saturated heterocycles. The summed E-state index contributed by atoms with van der Waals surface area (Å²) in [5, 5.41) is 5.50. The standard InChI is InChI=1S/C18H17F3N2O2/c19-18(20,21)14-4-1-2-5-15(14)22-12-7-9-13(10-8-12)23-17(24)16-6-3-11-25-16/h1-2,4-5,7-10,16,22H,3,6,11H2,(H,23,24). The summed E-state index contributed by atoms with van der Waals surface area (Å²) in [7, 11) is 0. The fraction of sp³-hybridized carbons (Fsp3) is 0.278. The molecule has 3 rings (SSSR count). The van der Waals surface area contributed by atoms with E-state index in [0.717, 1.165) is 12.5 Å². The van der Waals surface area contributed by atoms with Gasteiger partial charge < -0.3 is 15.4 Å². The Morgan fingerprint density at radius 1 is 1.04 bits per heavy atom. The summed E-state index contributed by atoms with van der Waals surface area (Å²) in [5.74, 6) is -0.208. The molecule has 0 spiro atoms. The number of amides is 1. The maximum Gasteiger partial charge on any atom is 0.418 e. The SMILES string of the molecule is O=C(Nc1ccc(Nc2ccccc2C(F)(F)F)cc1)C1CCCO1. The fourth-order valence-electron chi connectivity index (χ4n) is 2.64. The van der Waals surface area contributed by atoms with Crippen LogP contribution in [0.4, 0.5) is 30.2 Å². The zero-order valence-electron chi connectivity index (χ0n) is 13.3. The lowest BCUT2D eigenvalue weighted by molar-refractivity contribution is -0.137. The summed E-state index contributed by atoms with van der Waals surface area (Å²) in [4.78, 5) is 12.0. The first-order valence-corrected chi connectivity index (χ1v) is 7.89. The Bertz CT molecular complexity index is 739. The van der Waals surface area contributed by atoms with Crippen molar-refractivity contribution in [3.63, 3.8) is 0 Å². The molecule has 1 heterocycles. The Morgan fingerprint density at radius 2 is 1.72 bits per heavy atom. The third kappa shape index (κ3) is 4.30. The smallest absolute Gasteiger partial charge is 0.368 e. The number of para-hydroxylation sites is 1. The van der Waals surface area contributed by atoms with Crippen molar-refractivity contribution in [2.75, 3.05) is 17.2 Å². The van der Waals surface area contributed by atoms with Crippen molar-refractivity contribution in [1.82, 2.24) is 0 Å². The zero-order chi connectivity index (χ0) is 17.9. The third-order valence-corrected chi connectivity index (χ3v) is 3.89. The van der Waals surface area contributed by atoms with E-state index in [-0.39, 0.29) is 11.6 Å². The minimum atomic E-state index is -4.43. The Balaban J connectivity index is 1.68. The second kappa shape index (κ2) is 7.14. The molecule has 132 valence electrons. The number of hydrogen-bond donors (Lipinski definition) is 2. The summed E-state index contributed by atoms with van der Waals surface area (Å²) in [6.07, 6.45) is -3.31. The van der Waals surface area contributed by atoms with E-state index < -0.39 is 17.8 Å². The van der Waals surface area contributed by atoms with Crippen molar-refractivity contribution >= 4 is 23.0 Å². The van der Waals surface area contributed by atoms with Crippen LogP contribution >= 0.6 is 0 Å². The van der Waals surface area contributed by atoms with Crippen LogP contribution in [-0.4, -0.2) is 18.6 Å². The highest BCUT2D eigenvalue weighted by molar-refractivity contribution is 5.94. The Kier molecular flexibility index (Phi) is 4.94. The second-order valence-corrected chi connectivity index (χ2v) is 5.74. The molecule has 2 aromatic rings. The van der Waals surface area contributed by atoms with Crippen molar-refractivity contribution < 1.29 is 22.7 Å². The van der Waals surface area contributed by atoms with E-state index in [4.69, 9.17) is 4.74 Å². The van der Waals surface area contributed by atoms with Crippen LogP contribution in [0.3, 0.4) is 0 Å². The molecule has 25 heavy (non-hydrogen) atoms. The number of hydrogen-bond acceptors (Lipinski definition) is 3. The van der Waals surface area contributed by atoms with Gasteiger partial charge in [0.2, 0.25) is 0 Å². The van der Waals surface area contributed by atoms with Gasteiger partial charge in [-0.15, -0.1) is 0 Å². The van der Waals surface area contributed by atoms with Crippen LogP contribution in [0.1, 0.15) is 18.4 Å². The van der Waals surface area contributed by atoms with Gasteiger partial charge in [-0.2, -0.15) is 13.2 Å². The van der Waals surface area contributed by atoms with Crippen molar-refractivity contribution in [2.24, 2.45) is 0 Å². The van der Waals surface area contributed by atoms with Crippen LogP contribution in [0, 0.1) is 0 Å². The monoisotopic (exact) mass is 350 g/mol. The molecule has 1 aliphatic rings. The highest BCUT2D eigenvalue weighted by Gasteiger charge is 2.33. The molecular formula is C18H17F3N2O2. The molecule has 7 heteroatoms. The van der Waals surface area contributed by atoms with E-state index in [0.29, 0.717) is 24.4 Å². The lowest BCUT2D eigenvalue weighted by Crippen LogP contribution is -2.26. The van der Waals surface area contributed by atoms with Gasteiger partial charge in [0.05, 0.1) is 11.3 Å². The molecule has 0 aromatic heterocycles. The molecule has 1 amide bonds. The molecule has 0 saturated carbocycles. The minimum absolute atomic E-state index is 0.0221. The van der Waals surface area contributed by atoms with Crippen molar-refractivity contribution in [3.8, 4) is 0 Å². The highest BCUT2D eigenvalue weighted by atomic mass is 19.4. The van der Waals surface area contributed by atoms with Gasteiger partial charge in [-0.3, -0.25) is 4.79 Å². The Labute approximate surface area is 143 Å². The predicted molar refractivity (Wildman–Crippen MR) is 88.8 cm³/mol. The number of carbonyl (C=O) groups is 1. The number of halogens is 3. The summed E-state index contributed by atoms with van der Waals surface area (Å²) in [5.41, 5.74) is 0.305. The Hall–Kier alpha value is -2.54. The number of rotatable bonds is 4. The van der Waals surface area contributed by atoms with Gasteiger partial charge in [0.25, 0.3) is 5.91 Å². The van der Waals surface area contributed by atoms with E-state index in [1.165, 1.54) is 18.2 Å². The summed E-state index contributed by atoms with van der Waals surface area (Å²) in [6, 6.07) is 11.8. The first-order chi connectivity index (χ1) is 11.9. The van der Waals surface area contributed by atoms with Gasteiger partial charge in [0.1, 0.15) is 6.10 Å². The van der Waals surface area contributed by atoms with Gasteiger partial charge in [-0.05, 0) is 49.2 Å². The fourth-order valence-corrected chi connectivity index (χ4v) is 2.64. The van der Waals surface area contributed by atoms with Crippen LogP contribution in [-0.2, 0) is 15.7 Å². The molecule has 1 aliphatic heterocycles. The number of ether oxygens (including phenoxy) is 1. The lowest BCUT2D eigenvalue weighted by Gasteiger charge is -2.15. The molecule has 0 aliphatic carbocycles. The maximum absolute atomic E-state index is 13.0. The van der Waals surface area contributed by atoms with Crippen LogP contribution in [0.15, 0.2) is 48.5 Å². The molecule has 2 N–H and O–H groups in total. The average Bonchev–Trinajstić information content (AvgIpc) is 3.11. The van der Waals surface area contributed by atoms with Crippen LogP contribution in [0.25, 0.3) is 0 Å². The quantitative estimate of drug-likeness (QED) is 0.849. The number of anilines is 3. The van der Waals surface area contributed by atoms with Crippen LogP contribution in [0.5, 0.6) is 0 Å². The van der Waals surface area contributed by atoms with E-state index >= 15 is 0 Å². The van der Waals surface area contributed by atoms with Crippen LogP contribution < -0.4 is 10.6 Å². The average molecular weight is 350 g/mol. The lowest BCUT2D eigenvalue weighted by atomic mass is 10.1. The molecule has 1 atom stereocenters. The molecular weight excluding hydrogens is 333 g/mol. The number of carbonyl (C=O) groups excluding carboxylic acids is 1. The number of benzene rings is 2. The van der Waals surface area contributed by atoms with E-state index in [1.807, 2.05) is 0 Å². The van der Waals surface area contributed by atoms with Gasteiger partial charge in [-0.1, -0.05) is 12.1 Å². The third-order valence-electron chi connectivity index (χ3n) is 3.89. The largest absolute Gasteiger partial charge is 0.418 e. The summed E-state index contributed by atoms with van der Waals surface area (Å²) in [6.45, 7) is 0.583. The van der Waals surface area contributed by atoms with Gasteiger partial charge in [-0.25, -0.2) is 0 Å². The maximum atomic E-state index is 13.0. The van der Waals surface area contributed by atoms with E-state index in [1.54, 1.807) is 24.3 Å². The second-order valence-electron chi connectivity index (χ2n) is 5.74. The van der Waals surface area contributed by atoms with Gasteiger partial charge in [0, 0.05) is 18.0 Å². The first kappa shape index (κ1) is 17.3. The number of nitrogens with one attached hydrogen (secondary N) is 2. The highest BCUT2D eigenvalue weighted by Crippen LogP contribution is 2.35. The Morgan fingerprint density at radius 3 is 2.36 bits per heavy atom. The van der Waals surface area contributed by atoms with Crippen molar-refractivity contribution in [2.45, 2.75) is 25.1 Å². The van der Waals surface area contributed by atoms with E-state index in [9.17, 15) is 18.0 Å². The molecule has 0 radical (unpaired) electrons. The minimum Gasteiger partial charge on any atom is -0.368 e. The molecule has 4 nitrogen and oxygen atoms in total. The predicted octanol–water partition coefficient (Wildman–Crippen LogP) is 4.57. The summed E-state index contributed by atoms with van der Waals surface area (Å²) < 4.78 is 44.3. The molecule has 1 unspecified atom stereocenters.